The SMILES string of the molecule is CCCS(=O)(=O)O.NC1CCc2ccc(OCCNC3CC3)cc2C1Cc1ccccc1. The van der Waals surface area contributed by atoms with Crippen LogP contribution in [0.4, 0.5) is 0 Å². The van der Waals surface area contributed by atoms with Gasteiger partial charge >= 0.3 is 0 Å². The zero-order valence-electron chi connectivity index (χ0n) is 18.9. The van der Waals surface area contributed by atoms with Crippen molar-refractivity contribution in [1.82, 2.24) is 5.32 Å². The zero-order valence-corrected chi connectivity index (χ0v) is 19.7. The summed E-state index contributed by atoms with van der Waals surface area (Å²) in [6.45, 7) is 3.34. The van der Waals surface area contributed by atoms with Gasteiger partial charge in [0.05, 0.1) is 5.75 Å². The first-order valence-corrected chi connectivity index (χ1v) is 13.2. The summed E-state index contributed by atoms with van der Waals surface area (Å²) in [5, 5.41) is 3.49. The maximum Gasteiger partial charge on any atom is 0.264 e. The second-order valence-electron chi connectivity index (χ2n) is 8.72. The summed E-state index contributed by atoms with van der Waals surface area (Å²) in [4.78, 5) is 0. The number of benzene rings is 2. The molecule has 0 saturated heterocycles. The van der Waals surface area contributed by atoms with Crippen LogP contribution in [0.5, 0.6) is 5.75 Å². The number of rotatable bonds is 9. The third-order valence-corrected chi connectivity index (χ3v) is 6.85. The molecule has 4 rings (SSSR count). The lowest BCUT2D eigenvalue weighted by molar-refractivity contribution is 0.312. The molecule has 32 heavy (non-hydrogen) atoms. The van der Waals surface area contributed by atoms with Gasteiger partial charge < -0.3 is 15.8 Å². The molecule has 6 nitrogen and oxygen atoms in total. The lowest BCUT2D eigenvalue weighted by Gasteiger charge is -2.32. The van der Waals surface area contributed by atoms with Crippen LogP contribution in [0.15, 0.2) is 48.5 Å². The Labute approximate surface area is 192 Å². The Bertz CT molecular complexity index is 946. The average molecular weight is 461 g/mol. The summed E-state index contributed by atoms with van der Waals surface area (Å²) < 4.78 is 33.5. The van der Waals surface area contributed by atoms with Crippen molar-refractivity contribution in [3.63, 3.8) is 0 Å². The van der Waals surface area contributed by atoms with E-state index in [9.17, 15) is 8.42 Å². The van der Waals surface area contributed by atoms with Crippen molar-refractivity contribution in [2.45, 2.75) is 63.5 Å². The van der Waals surface area contributed by atoms with Gasteiger partial charge in [-0.25, -0.2) is 0 Å². The van der Waals surface area contributed by atoms with Gasteiger partial charge in [-0.05, 0) is 67.3 Å². The molecule has 1 saturated carbocycles. The van der Waals surface area contributed by atoms with E-state index in [0.717, 1.165) is 44.2 Å². The fraction of sp³-hybridized carbons (Fsp3) is 0.520. The van der Waals surface area contributed by atoms with Crippen molar-refractivity contribution in [3.05, 3.63) is 65.2 Å². The molecule has 2 aromatic carbocycles. The van der Waals surface area contributed by atoms with Gasteiger partial charge in [0.2, 0.25) is 0 Å². The standard InChI is InChI=1S/C22H28N2O.C3H8O3S/c23-22-11-7-17-6-10-19(25-13-12-24-18-8-9-18)15-20(17)21(22)14-16-4-2-1-3-5-16;1-2-3-7(4,5)6/h1-6,10,15,18,21-22,24H,7-9,11-14,23H2;2-3H2,1H3,(H,4,5,6). The fourth-order valence-electron chi connectivity index (χ4n) is 4.10. The molecular formula is C25H36N2O4S. The van der Waals surface area contributed by atoms with Crippen LogP contribution in [-0.4, -0.2) is 44.0 Å². The van der Waals surface area contributed by atoms with Crippen molar-refractivity contribution in [3.8, 4) is 5.75 Å². The van der Waals surface area contributed by atoms with Crippen molar-refractivity contribution >= 4 is 10.1 Å². The van der Waals surface area contributed by atoms with E-state index in [-0.39, 0.29) is 11.8 Å². The Morgan fingerprint density at radius 1 is 1.12 bits per heavy atom. The monoisotopic (exact) mass is 460 g/mol. The molecular weight excluding hydrogens is 424 g/mol. The van der Waals surface area contributed by atoms with Crippen LogP contribution in [-0.2, 0) is 23.0 Å². The predicted octanol–water partition coefficient (Wildman–Crippen LogP) is 3.70. The number of hydrogen-bond acceptors (Lipinski definition) is 5. The van der Waals surface area contributed by atoms with Gasteiger partial charge in [-0.1, -0.05) is 43.3 Å². The van der Waals surface area contributed by atoms with Gasteiger partial charge in [0.1, 0.15) is 12.4 Å². The van der Waals surface area contributed by atoms with Gasteiger partial charge in [0, 0.05) is 24.5 Å². The second kappa shape index (κ2) is 11.8. The third kappa shape index (κ3) is 8.20. The van der Waals surface area contributed by atoms with E-state index in [0.29, 0.717) is 12.3 Å². The summed E-state index contributed by atoms with van der Waals surface area (Å²) in [5.74, 6) is 1.22. The number of ether oxygens (including phenoxy) is 1. The van der Waals surface area contributed by atoms with E-state index in [1.165, 1.54) is 29.5 Å². The predicted molar refractivity (Wildman–Crippen MR) is 129 cm³/mol. The highest BCUT2D eigenvalue weighted by Gasteiger charge is 2.27. The first kappa shape index (κ1) is 24.7. The normalized spacial score (nSPS) is 20.1. The molecule has 1 fully saturated rings. The molecule has 2 aliphatic carbocycles. The van der Waals surface area contributed by atoms with Crippen molar-refractivity contribution in [2.24, 2.45) is 5.73 Å². The Morgan fingerprint density at radius 3 is 2.50 bits per heavy atom. The highest BCUT2D eigenvalue weighted by molar-refractivity contribution is 7.85. The van der Waals surface area contributed by atoms with Crippen molar-refractivity contribution in [1.29, 1.82) is 0 Å². The molecule has 0 aromatic heterocycles. The van der Waals surface area contributed by atoms with Crippen LogP contribution < -0.4 is 15.8 Å². The highest BCUT2D eigenvalue weighted by atomic mass is 32.2. The molecule has 7 heteroatoms. The Balaban J connectivity index is 0.000000360. The lowest BCUT2D eigenvalue weighted by atomic mass is 9.76. The topological polar surface area (TPSA) is 102 Å². The summed E-state index contributed by atoms with van der Waals surface area (Å²) in [7, 11) is -3.67. The largest absolute Gasteiger partial charge is 0.492 e. The lowest BCUT2D eigenvalue weighted by Crippen LogP contribution is -2.34. The van der Waals surface area contributed by atoms with Crippen LogP contribution in [0.3, 0.4) is 0 Å². The molecule has 0 amide bonds. The maximum atomic E-state index is 9.79. The number of nitrogens with one attached hydrogen (secondary N) is 1. The molecule has 0 spiro atoms. The second-order valence-corrected chi connectivity index (χ2v) is 10.3. The van der Waals surface area contributed by atoms with Crippen molar-refractivity contribution < 1.29 is 17.7 Å². The van der Waals surface area contributed by atoms with Crippen LogP contribution >= 0.6 is 0 Å². The van der Waals surface area contributed by atoms with Gasteiger partial charge in [0.25, 0.3) is 10.1 Å². The van der Waals surface area contributed by atoms with E-state index in [4.69, 9.17) is 15.0 Å². The van der Waals surface area contributed by atoms with E-state index < -0.39 is 10.1 Å². The number of hydrogen-bond donors (Lipinski definition) is 3. The molecule has 0 heterocycles. The zero-order chi connectivity index (χ0) is 23.0. The van der Waals surface area contributed by atoms with Gasteiger partial charge in [0.15, 0.2) is 0 Å². The number of fused-ring (bicyclic) bond motifs is 1. The molecule has 4 N–H and O–H groups in total. The van der Waals surface area contributed by atoms with Gasteiger partial charge in [-0.2, -0.15) is 8.42 Å². The quantitative estimate of drug-likeness (QED) is 0.390. The average Bonchev–Trinajstić information content (AvgIpc) is 3.58. The Kier molecular flexibility index (Phi) is 9.11. The molecule has 2 aromatic rings. The highest BCUT2D eigenvalue weighted by Crippen LogP contribution is 2.35. The van der Waals surface area contributed by atoms with Crippen LogP contribution in [0, 0.1) is 0 Å². The molecule has 0 bridgehead atoms. The fourth-order valence-corrected chi connectivity index (χ4v) is 4.61. The van der Waals surface area contributed by atoms with Crippen LogP contribution in [0.2, 0.25) is 0 Å². The summed E-state index contributed by atoms with van der Waals surface area (Å²) in [6.07, 6.45) is 6.25. The van der Waals surface area contributed by atoms with Crippen molar-refractivity contribution in [2.75, 3.05) is 18.9 Å². The van der Waals surface area contributed by atoms with E-state index >= 15 is 0 Å². The molecule has 2 aliphatic rings. The van der Waals surface area contributed by atoms with Crippen LogP contribution in [0.25, 0.3) is 0 Å². The van der Waals surface area contributed by atoms with Gasteiger partial charge in [-0.15, -0.1) is 0 Å². The first-order chi connectivity index (χ1) is 15.4. The van der Waals surface area contributed by atoms with E-state index in [1.807, 2.05) is 0 Å². The van der Waals surface area contributed by atoms with E-state index in [1.54, 1.807) is 6.92 Å². The minimum Gasteiger partial charge on any atom is -0.492 e. The maximum absolute atomic E-state index is 9.79. The smallest absolute Gasteiger partial charge is 0.264 e. The minimum absolute atomic E-state index is 0.132. The van der Waals surface area contributed by atoms with E-state index in [2.05, 4.69) is 53.8 Å². The molecule has 0 aliphatic heterocycles. The Hall–Kier alpha value is -1.93. The summed E-state index contributed by atoms with van der Waals surface area (Å²) in [6, 6.07) is 18.2. The summed E-state index contributed by atoms with van der Waals surface area (Å²) in [5.41, 5.74) is 10.7. The molecule has 2 atom stereocenters. The third-order valence-electron chi connectivity index (χ3n) is 5.92. The first-order valence-electron chi connectivity index (χ1n) is 11.6. The minimum atomic E-state index is -3.67. The Morgan fingerprint density at radius 2 is 1.88 bits per heavy atom. The number of nitrogens with two attached hydrogens (primary N) is 1. The molecule has 2 unspecified atom stereocenters. The molecule has 176 valence electrons. The number of aryl methyl sites for hydroxylation is 1. The summed E-state index contributed by atoms with van der Waals surface area (Å²) >= 11 is 0. The van der Waals surface area contributed by atoms with Crippen LogP contribution in [0.1, 0.15) is 55.2 Å². The van der Waals surface area contributed by atoms with Gasteiger partial charge in [-0.3, -0.25) is 4.55 Å². The molecule has 0 radical (unpaired) electrons.